The summed E-state index contributed by atoms with van der Waals surface area (Å²) in [4.78, 5) is 1.72. The predicted octanol–water partition coefficient (Wildman–Crippen LogP) is 2.21. The third-order valence-electron chi connectivity index (χ3n) is 3.73. The molecule has 1 aromatic carbocycles. The van der Waals surface area contributed by atoms with Gasteiger partial charge in [0.1, 0.15) is 0 Å². The summed E-state index contributed by atoms with van der Waals surface area (Å²) in [5.74, 6) is 0. The van der Waals surface area contributed by atoms with Gasteiger partial charge < -0.3 is 5.32 Å². The molecule has 112 valence electrons. The highest BCUT2D eigenvalue weighted by molar-refractivity contribution is 7.89. The molecule has 3 rings (SSSR count). The number of sulfonamides is 1. The second kappa shape index (κ2) is 5.88. The van der Waals surface area contributed by atoms with Crippen LogP contribution in [0.15, 0.2) is 40.6 Å². The molecule has 1 aliphatic heterocycles. The summed E-state index contributed by atoms with van der Waals surface area (Å²) < 4.78 is 27.4. The number of rotatable bonds is 4. The first-order chi connectivity index (χ1) is 10.1. The number of thiophene rings is 1. The Hall–Kier alpha value is -1.21. The third-order valence-corrected chi connectivity index (χ3v) is 6.70. The standard InChI is InChI=1S/C15H18N2O2S2/c1-16-10-12-4-2-3-5-15(12)21(18,19)17-8-6-14-13(11-17)7-9-20-14/h2-5,7,9,16H,6,8,10-11H2,1H3. The molecule has 0 bridgehead atoms. The van der Waals surface area contributed by atoms with Gasteiger partial charge in [-0.2, -0.15) is 4.31 Å². The monoisotopic (exact) mass is 322 g/mol. The van der Waals surface area contributed by atoms with E-state index in [0.29, 0.717) is 24.5 Å². The first-order valence-electron chi connectivity index (χ1n) is 6.91. The van der Waals surface area contributed by atoms with Gasteiger partial charge in [-0.25, -0.2) is 8.42 Å². The molecule has 6 heteroatoms. The van der Waals surface area contributed by atoms with Crippen molar-refractivity contribution < 1.29 is 8.42 Å². The van der Waals surface area contributed by atoms with Gasteiger partial charge in [-0.1, -0.05) is 18.2 Å². The molecule has 0 aliphatic carbocycles. The highest BCUT2D eigenvalue weighted by atomic mass is 32.2. The summed E-state index contributed by atoms with van der Waals surface area (Å²) in [5, 5.41) is 5.07. The van der Waals surface area contributed by atoms with Gasteiger partial charge in [0.2, 0.25) is 10.0 Å². The molecule has 0 atom stereocenters. The minimum Gasteiger partial charge on any atom is -0.316 e. The van der Waals surface area contributed by atoms with Crippen LogP contribution in [0.25, 0.3) is 0 Å². The summed E-state index contributed by atoms with van der Waals surface area (Å²) in [5.41, 5.74) is 1.96. The van der Waals surface area contributed by atoms with E-state index in [1.165, 1.54) is 4.88 Å². The van der Waals surface area contributed by atoms with Crippen LogP contribution in [0.5, 0.6) is 0 Å². The van der Waals surface area contributed by atoms with Gasteiger partial charge in [0.05, 0.1) is 4.90 Å². The lowest BCUT2D eigenvalue weighted by atomic mass is 10.1. The van der Waals surface area contributed by atoms with Gasteiger partial charge in [0, 0.05) is 24.5 Å². The molecule has 4 nitrogen and oxygen atoms in total. The Kier molecular flexibility index (Phi) is 4.12. The number of nitrogens with zero attached hydrogens (tertiary/aromatic N) is 1. The minimum atomic E-state index is -3.44. The van der Waals surface area contributed by atoms with Crippen LogP contribution in [0, 0.1) is 0 Å². The van der Waals surface area contributed by atoms with Gasteiger partial charge in [-0.3, -0.25) is 0 Å². The molecular formula is C15H18N2O2S2. The van der Waals surface area contributed by atoms with E-state index in [9.17, 15) is 8.42 Å². The molecule has 0 fully saturated rings. The van der Waals surface area contributed by atoms with Crippen LogP contribution in [0.3, 0.4) is 0 Å². The number of fused-ring (bicyclic) bond motifs is 1. The van der Waals surface area contributed by atoms with E-state index in [2.05, 4.69) is 5.32 Å². The van der Waals surface area contributed by atoms with Gasteiger partial charge in [-0.05, 0) is 42.1 Å². The van der Waals surface area contributed by atoms with Crippen molar-refractivity contribution in [3.05, 3.63) is 51.7 Å². The first kappa shape index (κ1) is 14.7. The van der Waals surface area contributed by atoms with E-state index in [1.807, 2.05) is 30.6 Å². The zero-order valence-corrected chi connectivity index (χ0v) is 13.5. The molecule has 1 aliphatic rings. The highest BCUT2D eigenvalue weighted by Crippen LogP contribution is 2.29. The lowest BCUT2D eigenvalue weighted by molar-refractivity contribution is 0.393. The molecule has 0 saturated carbocycles. The molecule has 1 aromatic heterocycles. The van der Waals surface area contributed by atoms with Gasteiger partial charge in [0.25, 0.3) is 0 Å². The Balaban J connectivity index is 1.95. The Labute approximate surface area is 129 Å². The van der Waals surface area contributed by atoms with E-state index in [-0.39, 0.29) is 0 Å². The molecule has 0 amide bonds. The number of hydrogen-bond acceptors (Lipinski definition) is 4. The van der Waals surface area contributed by atoms with Crippen molar-refractivity contribution in [2.75, 3.05) is 13.6 Å². The molecule has 0 spiro atoms. The fourth-order valence-electron chi connectivity index (χ4n) is 2.66. The molecule has 0 unspecified atom stereocenters. The largest absolute Gasteiger partial charge is 0.316 e. The van der Waals surface area contributed by atoms with Crippen LogP contribution >= 0.6 is 11.3 Å². The maximum Gasteiger partial charge on any atom is 0.243 e. The second-order valence-corrected chi connectivity index (χ2v) is 8.00. The average molecular weight is 322 g/mol. The SMILES string of the molecule is CNCc1ccccc1S(=O)(=O)N1CCc2sccc2C1. The van der Waals surface area contributed by atoms with Crippen molar-refractivity contribution >= 4 is 21.4 Å². The van der Waals surface area contributed by atoms with Crippen molar-refractivity contribution in [2.45, 2.75) is 24.4 Å². The third kappa shape index (κ3) is 2.76. The van der Waals surface area contributed by atoms with E-state index in [1.54, 1.807) is 27.8 Å². The molecule has 0 saturated heterocycles. The zero-order valence-electron chi connectivity index (χ0n) is 11.9. The molecule has 1 N–H and O–H groups in total. The smallest absolute Gasteiger partial charge is 0.243 e. The van der Waals surface area contributed by atoms with E-state index < -0.39 is 10.0 Å². The van der Waals surface area contributed by atoms with Crippen molar-refractivity contribution in [1.82, 2.24) is 9.62 Å². The van der Waals surface area contributed by atoms with Crippen LogP contribution in [0.2, 0.25) is 0 Å². The van der Waals surface area contributed by atoms with Crippen LogP contribution < -0.4 is 5.32 Å². The molecule has 2 heterocycles. The van der Waals surface area contributed by atoms with Crippen molar-refractivity contribution in [3.8, 4) is 0 Å². The maximum atomic E-state index is 12.9. The van der Waals surface area contributed by atoms with Crippen molar-refractivity contribution in [2.24, 2.45) is 0 Å². The summed E-state index contributed by atoms with van der Waals surface area (Å²) >= 11 is 1.71. The van der Waals surface area contributed by atoms with Gasteiger partial charge in [-0.15, -0.1) is 11.3 Å². The average Bonchev–Trinajstić information content (AvgIpc) is 2.95. The van der Waals surface area contributed by atoms with Gasteiger partial charge in [0.15, 0.2) is 0 Å². The van der Waals surface area contributed by atoms with E-state index in [4.69, 9.17) is 0 Å². The fraction of sp³-hybridized carbons (Fsp3) is 0.333. The summed E-state index contributed by atoms with van der Waals surface area (Å²) in [6, 6.07) is 9.25. The zero-order chi connectivity index (χ0) is 14.9. The Morgan fingerprint density at radius 2 is 2.10 bits per heavy atom. The van der Waals surface area contributed by atoms with Crippen LogP contribution in [-0.2, 0) is 29.5 Å². The summed E-state index contributed by atoms with van der Waals surface area (Å²) in [6.45, 7) is 1.59. The summed E-state index contributed by atoms with van der Waals surface area (Å²) in [6.07, 6.45) is 0.806. The fourth-order valence-corrected chi connectivity index (χ4v) is 5.19. The van der Waals surface area contributed by atoms with Crippen LogP contribution in [-0.4, -0.2) is 26.3 Å². The lowest BCUT2D eigenvalue weighted by Gasteiger charge is -2.27. The highest BCUT2D eigenvalue weighted by Gasteiger charge is 2.30. The number of nitrogens with one attached hydrogen (secondary N) is 1. The molecular weight excluding hydrogens is 304 g/mol. The Morgan fingerprint density at radius 3 is 2.90 bits per heavy atom. The van der Waals surface area contributed by atoms with E-state index in [0.717, 1.165) is 17.5 Å². The molecule has 0 radical (unpaired) electrons. The van der Waals surface area contributed by atoms with E-state index >= 15 is 0 Å². The first-order valence-corrected chi connectivity index (χ1v) is 9.23. The van der Waals surface area contributed by atoms with Crippen molar-refractivity contribution in [3.63, 3.8) is 0 Å². The van der Waals surface area contributed by atoms with Crippen LogP contribution in [0.1, 0.15) is 16.0 Å². The molecule has 2 aromatic rings. The predicted molar refractivity (Wildman–Crippen MR) is 84.8 cm³/mol. The lowest BCUT2D eigenvalue weighted by Crippen LogP contribution is -2.36. The number of benzene rings is 1. The number of hydrogen-bond donors (Lipinski definition) is 1. The normalized spacial score (nSPS) is 15.9. The minimum absolute atomic E-state index is 0.415. The molecule has 21 heavy (non-hydrogen) atoms. The topological polar surface area (TPSA) is 49.4 Å². The quantitative estimate of drug-likeness (QED) is 0.939. The second-order valence-electron chi connectivity index (χ2n) is 5.10. The maximum absolute atomic E-state index is 12.9. The van der Waals surface area contributed by atoms with Crippen molar-refractivity contribution in [1.29, 1.82) is 0 Å². The Bertz CT molecular complexity index is 738. The van der Waals surface area contributed by atoms with Gasteiger partial charge >= 0.3 is 0 Å². The summed E-state index contributed by atoms with van der Waals surface area (Å²) in [7, 11) is -1.62. The Morgan fingerprint density at radius 1 is 1.29 bits per heavy atom. The van der Waals surface area contributed by atoms with Crippen LogP contribution in [0.4, 0.5) is 0 Å².